The fourth-order valence-corrected chi connectivity index (χ4v) is 7.60. The quantitative estimate of drug-likeness (QED) is 0.0975. The lowest BCUT2D eigenvalue weighted by Crippen LogP contribution is -2.13. The van der Waals surface area contributed by atoms with Gasteiger partial charge in [-0.15, -0.1) is 0 Å². The van der Waals surface area contributed by atoms with Gasteiger partial charge in [0.2, 0.25) is 0 Å². The normalized spacial score (nSPS) is 11.1. The highest BCUT2D eigenvalue weighted by molar-refractivity contribution is 6.12. The van der Waals surface area contributed by atoms with E-state index < -0.39 is 23.9 Å². The van der Waals surface area contributed by atoms with Crippen LogP contribution < -0.4 is 9.47 Å². The van der Waals surface area contributed by atoms with E-state index in [1.54, 1.807) is 39.8 Å². The van der Waals surface area contributed by atoms with Crippen LogP contribution in [0.5, 0.6) is 11.5 Å². The van der Waals surface area contributed by atoms with Gasteiger partial charge in [0, 0.05) is 22.5 Å². The SMILES string of the molecule is Cc1[nH]c(C(=O)OCc2ccccc2)c(C)c1C(=O)Oc1ccc2ccccc2c1-c1c(OC(=O)c2c(C)[nH]c(C(=O)OCc3ccccc3)c2C)ccc2ccccc12. The molecule has 0 fully saturated rings. The number of benzene rings is 6. The zero-order chi connectivity index (χ0) is 41.9. The molecule has 0 spiro atoms. The van der Waals surface area contributed by atoms with Crippen molar-refractivity contribution in [2.24, 2.45) is 0 Å². The molecule has 0 radical (unpaired) electrons. The summed E-state index contributed by atoms with van der Waals surface area (Å²) in [7, 11) is 0. The number of carbonyl (C=O) groups is 4. The summed E-state index contributed by atoms with van der Waals surface area (Å²) in [6.45, 7) is 6.87. The summed E-state index contributed by atoms with van der Waals surface area (Å²) >= 11 is 0. The minimum Gasteiger partial charge on any atom is -0.456 e. The second kappa shape index (κ2) is 16.6. The summed E-state index contributed by atoms with van der Waals surface area (Å²) in [5.74, 6) is -2.17. The van der Waals surface area contributed by atoms with E-state index in [0.717, 1.165) is 32.7 Å². The van der Waals surface area contributed by atoms with Crippen molar-refractivity contribution >= 4 is 45.4 Å². The average Bonchev–Trinajstić information content (AvgIpc) is 3.74. The Hall–Kier alpha value is -7.72. The van der Waals surface area contributed by atoms with Gasteiger partial charge in [-0.1, -0.05) is 121 Å². The summed E-state index contributed by atoms with van der Waals surface area (Å²) in [5, 5.41) is 3.18. The predicted octanol–water partition coefficient (Wildman–Crippen LogP) is 10.7. The third-order valence-electron chi connectivity index (χ3n) is 10.6. The minimum atomic E-state index is -0.691. The monoisotopic (exact) mass is 796 g/mol. The van der Waals surface area contributed by atoms with Crippen LogP contribution in [0, 0.1) is 27.7 Å². The molecule has 0 bridgehead atoms. The number of H-pyrrole nitrogens is 2. The maximum absolute atomic E-state index is 14.2. The topological polar surface area (TPSA) is 137 Å². The number of hydrogen-bond acceptors (Lipinski definition) is 8. The Labute approximate surface area is 345 Å². The Morgan fingerprint density at radius 3 is 1.20 bits per heavy atom. The van der Waals surface area contributed by atoms with Gasteiger partial charge in [0.1, 0.15) is 36.1 Å². The number of carbonyl (C=O) groups excluding carboxylic acids is 4. The summed E-state index contributed by atoms with van der Waals surface area (Å²) in [5.41, 5.74) is 5.04. The molecule has 298 valence electrons. The van der Waals surface area contributed by atoms with Gasteiger partial charge in [-0.2, -0.15) is 0 Å². The zero-order valence-electron chi connectivity index (χ0n) is 33.4. The largest absolute Gasteiger partial charge is 0.456 e. The standard InChI is InChI=1S/C50H40N2O8/c1-29-41(31(3)51-45(29)49(55)57-27-33-15-7-5-8-16-33)47(53)59-39-25-23-35-19-11-13-21-37(35)43(39)44-38-22-14-12-20-36(38)24-26-40(44)60-48(54)42-30(2)46(52-32(42)4)50(56)58-28-34-17-9-6-10-18-34/h5-26,51-52H,27-28H2,1-4H3. The van der Waals surface area contributed by atoms with E-state index in [1.807, 2.05) is 121 Å². The van der Waals surface area contributed by atoms with Crippen LogP contribution in [0.2, 0.25) is 0 Å². The molecule has 2 heterocycles. The predicted molar refractivity (Wildman–Crippen MR) is 228 cm³/mol. The van der Waals surface area contributed by atoms with Crippen molar-refractivity contribution in [1.29, 1.82) is 0 Å². The van der Waals surface area contributed by atoms with Gasteiger partial charge in [-0.3, -0.25) is 0 Å². The first-order valence-electron chi connectivity index (χ1n) is 19.4. The number of esters is 4. The smallest absolute Gasteiger partial charge is 0.355 e. The average molecular weight is 797 g/mol. The lowest BCUT2D eigenvalue weighted by molar-refractivity contribution is 0.0456. The Morgan fingerprint density at radius 1 is 0.433 bits per heavy atom. The van der Waals surface area contributed by atoms with Gasteiger partial charge in [-0.05, 0) is 83.6 Å². The maximum atomic E-state index is 14.2. The molecule has 0 saturated carbocycles. The highest BCUT2D eigenvalue weighted by Crippen LogP contribution is 2.46. The second-order valence-electron chi connectivity index (χ2n) is 14.5. The van der Waals surface area contributed by atoms with E-state index in [2.05, 4.69) is 9.97 Å². The lowest BCUT2D eigenvalue weighted by Gasteiger charge is -2.19. The van der Waals surface area contributed by atoms with Crippen LogP contribution in [0.25, 0.3) is 32.7 Å². The van der Waals surface area contributed by atoms with Gasteiger partial charge < -0.3 is 28.9 Å². The molecule has 6 aromatic carbocycles. The summed E-state index contributed by atoms with van der Waals surface area (Å²) in [4.78, 5) is 61.0. The van der Waals surface area contributed by atoms with Crippen molar-refractivity contribution in [3.8, 4) is 22.6 Å². The number of hydrogen-bond donors (Lipinski definition) is 2. The van der Waals surface area contributed by atoms with Crippen LogP contribution in [-0.4, -0.2) is 33.8 Å². The van der Waals surface area contributed by atoms with Crippen LogP contribution in [0.3, 0.4) is 0 Å². The molecule has 0 amide bonds. The number of aromatic nitrogens is 2. The van der Waals surface area contributed by atoms with Crippen molar-refractivity contribution in [3.63, 3.8) is 0 Å². The molecule has 8 rings (SSSR count). The molecule has 60 heavy (non-hydrogen) atoms. The Balaban J connectivity index is 1.15. The van der Waals surface area contributed by atoms with Crippen molar-refractivity contribution in [1.82, 2.24) is 9.97 Å². The van der Waals surface area contributed by atoms with Crippen LogP contribution in [0.4, 0.5) is 0 Å². The summed E-state index contributed by atoms with van der Waals surface area (Å²) in [6, 6.07) is 41.1. The van der Waals surface area contributed by atoms with Crippen LogP contribution in [-0.2, 0) is 22.7 Å². The van der Waals surface area contributed by atoms with Gasteiger partial charge >= 0.3 is 23.9 Å². The molecule has 0 saturated heterocycles. The lowest BCUT2D eigenvalue weighted by atomic mass is 9.92. The number of nitrogens with one attached hydrogen (secondary N) is 2. The molecule has 0 aliphatic heterocycles. The second-order valence-corrected chi connectivity index (χ2v) is 14.5. The molecule has 2 aromatic heterocycles. The zero-order valence-corrected chi connectivity index (χ0v) is 33.4. The van der Waals surface area contributed by atoms with E-state index in [0.29, 0.717) is 33.6 Å². The van der Waals surface area contributed by atoms with E-state index in [1.165, 1.54) is 0 Å². The van der Waals surface area contributed by atoms with Crippen LogP contribution in [0.15, 0.2) is 133 Å². The molecule has 0 aliphatic carbocycles. The molecule has 10 heteroatoms. The van der Waals surface area contributed by atoms with Gasteiger partial charge in [0.15, 0.2) is 0 Å². The highest BCUT2D eigenvalue weighted by atomic mass is 16.5. The van der Waals surface area contributed by atoms with Crippen molar-refractivity contribution in [2.75, 3.05) is 0 Å². The fraction of sp³-hybridized carbons (Fsp3) is 0.120. The van der Waals surface area contributed by atoms with Gasteiger partial charge in [0.05, 0.1) is 11.1 Å². The first kappa shape index (κ1) is 39.1. The number of fused-ring (bicyclic) bond motifs is 2. The molecule has 0 unspecified atom stereocenters. The fourth-order valence-electron chi connectivity index (χ4n) is 7.60. The molecule has 2 N–H and O–H groups in total. The van der Waals surface area contributed by atoms with Crippen molar-refractivity contribution in [3.05, 3.63) is 190 Å². The highest BCUT2D eigenvalue weighted by Gasteiger charge is 2.29. The van der Waals surface area contributed by atoms with E-state index >= 15 is 0 Å². The Kier molecular flexibility index (Phi) is 10.8. The first-order valence-corrected chi connectivity index (χ1v) is 19.4. The van der Waals surface area contributed by atoms with Crippen molar-refractivity contribution < 1.29 is 38.1 Å². The Morgan fingerprint density at radius 2 is 0.800 bits per heavy atom. The van der Waals surface area contributed by atoms with Gasteiger partial charge in [-0.25, -0.2) is 19.2 Å². The first-order chi connectivity index (χ1) is 29.1. The summed E-state index contributed by atoms with van der Waals surface area (Å²) in [6.07, 6.45) is 0. The van der Waals surface area contributed by atoms with Crippen LogP contribution in [0.1, 0.15) is 75.3 Å². The van der Waals surface area contributed by atoms with Gasteiger partial charge in [0.25, 0.3) is 0 Å². The number of ether oxygens (including phenoxy) is 4. The maximum Gasteiger partial charge on any atom is 0.355 e. The van der Waals surface area contributed by atoms with Crippen molar-refractivity contribution in [2.45, 2.75) is 40.9 Å². The molecular weight excluding hydrogens is 757 g/mol. The minimum absolute atomic E-state index is 0.0705. The van der Waals surface area contributed by atoms with Crippen LogP contribution >= 0.6 is 0 Å². The number of aryl methyl sites for hydroxylation is 2. The third kappa shape index (κ3) is 7.66. The third-order valence-corrected chi connectivity index (χ3v) is 10.6. The number of aromatic amines is 2. The number of rotatable bonds is 11. The Bertz CT molecular complexity index is 2740. The molecule has 0 aliphatic rings. The van der Waals surface area contributed by atoms with E-state index in [9.17, 15) is 19.2 Å². The molecule has 8 aromatic rings. The van der Waals surface area contributed by atoms with E-state index in [4.69, 9.17) is 18.9 Å². The molecular formula is C50H40N2O8. The molecule has 0 atom stereocenters. The van der Waals surface area contributed by atoms with E-state index in [-0.39, 0.29) is 47.2 Å². The summed E-state index contributed by atoms with van der Waals surface area (Å²) < 4.78 is 23.7. The molecule has 10 nitrogen and oxygen atoms in total.